The van der Waals surface area contributed by atoms with Gasteiger partial charge in [-0.3, -0.25) is 4.79 Å². The van der Waals surface area contributed by atoms with Crippen LogP contribution in [-0.2, 0) is 6.54 Å². The fourth-order valence-electron chi connectivity index (χ4n) is 2.91. The summed E-state index contributed by atoms with van der Waals surface area (Å²) in [7, 11) is 0. The first kappa shape index (κ1) is 15.1. The van der Waals surface area contributed by atoms with Gasteiger partial charge in [-0.15, -0.1) is 0 Å². The fraction of sp³-hybridized carbons (Fsp3) is 0.688. The second-order valence-electron chi connectivity index (χ2n) is 5.58. The van der Waals surface area contributed by atoms with Crippen LogP contribution in [0.1, 0.15) is 50.0 Å². The largest absolute Gasteiger partial charge is 0.344 e. The molecule has 0 aromatic carbocycles. The van der Waals surface area contributed by atoms with E-state index in [-0.39, 0.29) is 5.91 Å². The van der Waals surface area contributed by atoms with Crippen molar-refractivity contribution >= 4 is 5.91 Å². The molecule has 0 aliphatic carbocycles. The van der Waals surface area contributed by atoms with Crippen LogP contribution in [0.5, 0.6) is 0 Å². The normalized spacial score (nSPS) is 19.0. The number of hydrogen-bond donors (Lipinski definition) is 1. The number of amides is 1. The van der Waals surface area contributed by atoms with Gasteiger partial charge in [0, 0.05) is 31.9 Å². The molecule has 1 fully saturated rings. The molecule has 1 saturated heterocycles. The average molecular weight is 277 g/mol. The van der Waals surface area contributed by atoms with Crippen molar-refractivity contribution in [2.45, 2.75) is 52.1 Å². The highest BCUT2D eigenvalue weighted by Crippen LogP contribution is 2.12. The van der Waals surface area contributed by atoms with Gasteiger partial charge in [-0.1, -0.05) is 13.3 Å². The van der Waals surface area contributed by atoms with E-state index in [2.05, 4.69) is 23.7 Å². The Kier molecular flexibility index (Phi) is 5.65. The number of rotatable bonds is 6. The van der Waals surface area contributed by atoms with Crippen LogP contribution in [0.3, 0.4) is 0 Å². The molecule has 2 rings (SSSR count). The molecule has 1 aliphatic rings. The van der Waals surface area contributed by atoms with Crippen LogP contribution in [0.15, 0.2) is 18.3 Å². The minimum atomic E-state index is 0.165. The predicted octanol–water partition coefficient (Wildman–Crippen LogP) is 2.50. The standard InChI is InChI=1S/C16H27N3O/c1-3-11-19-12-7-9-15(19)16(20)18(4-2)13-14-8-5-6-10-17-14/h7,9,12,14,17H,3-6,8,10-11,13H2,1-2H3. The maximum absolute atomic E-state index is 12.7. The highest BCUT2D eigenvalue weighted by Gasteiger charge is 2.22. The first-order valence-electron chi connectivity index (χ1n) is 7.94. The summed E-state index contributed by atoms with van der Waals surface area (Å²) < 4.78 is 2.07. The predicted molar refractivity (Wildman–Crippen MR) is 81.9 cm³/mol. The molecule has 1 aromatic rings. The van der Waals surface area contributed by atoms with Gasteiger partial charge in [0.25, 0.3) is 5.91 Å². The summed E-state index contributed by atoms with van der Waals surface area (Å²) in [5.41, 5.74) is 0.824. The van der Waals surface area contributed by atoms with Gasteiger partial charge in [0.1, 0.15) is 5.69 Å². The maximum Gasteiger partial charge on any atom is 0.270 e. The minimum absolute atomic E-state index is 0.165. The van der Waals surface area contributed by atoms with Crippen LogP contribution >= 0.6 is 0 Å². The van der Waals surface area contributed by atoms with Crippen molar-refractivity contribution < 1.29 is 4.79 Å². The summed E-state index contributed by atoms with van der Waals surface area (Å²) >= 11 is 0. The molecule has 4 nitrogen and oxygen atoms in total. The molecule has 1 aromatic heterocycles. The fourth-order valence-corrected chi connectivity index (χ4v) is 2.91. The van der Waals surface area contributed by atoms with E-state index < -0.39 is 0 Å². The van der Waals surface area contributed by atoms with E-state index in [1.54, 1.807) is 0 Å². The molecule has 0 spiro atoms. The molecule has 2 heterocycles. The molecule has 0 saturated carbocycles. The Morgan fingerprint density at radius 1 is 1.45 bits per heavy atom. The average Bonchev–Trinajstić information content (AvgIpc) is 2.94. The van der Waals surface area contributed by atoms with Gasteiger partial charge in [-0.25, -0.2) is 0 Å². The van der Waals surface area contributed by atoms with Crippen LogP contribution in [0.25, 0.3) is 0 Å². The molecule has 1 N–H and O–H groups in total. The highest BCUT2D eigenvalue weighted by atomic mass is 16.2. The lowest BCUT2D eigenvalue weighted by Gasteiger charge is -2.30. The van der Waals surface area contributed by atoms with Gasteiger partial charge in [-0.05, 0) is 44.9 Å². The molecule has 1 atom stereocenters. The summed E-state index contributed by atoms with van der Waals surface area (Å²) in [5, 5.41) is 3.52. The van der Waals surface area contributed by atoms with Gasteiger partial charge in [0.05, 0.1) is 0 Å². The van der Waals surface area contributed by atoms with E-state index in [4.69, 9.17) is 0 Å². The summed E-state index contributed by atoms with van der Waals surface area (Å²) in [6.45, 7) is 7.79. The Labute approximate surface area is 122 Å². The maximum atomic E-state index is 12.7. The molecule has 20 heavy (non-hydrogen) atoms. The zero-order chi connectivity index (χ0) is 14.4. The summed E-state index contributed by atoms with van der Waals surface area (Å²) in [4.78, 5) is 14.7. The van der Waals surface area contributed by atoms with Crippen molar-refractivity contribution in [1.82, 2.24) is 14.8 Å². The van der Waals surface area contributed by atoms with Gasteiger partial charge < -0.3 is 14.8 Å². The smallest absolute Gasteiger partial charge is 0.270 e. The third-order valence-electron chi connectivity index (χ3n) is 4.04. The second kappa shape index (κ2) is 7.48. The number of carbonyl (C=O) groups excluding carboxylic acids is 1. The number of piperidine rings is 1. The first-order valence-corrected chi connectivity index (χ1v) is 7.94. The summed E-state index contributed by atoms with van der Waals surface area (Å²) in [6, 6.07) is 4.37. The molecule has 112 valence electrons. The van der Waals surface area contributed by atoms with E-state index in [0.717, 1.165) is 38.3 Å². The third-order valence-corrected chi connectivity index (χ3v) is 4.04. The van der Waals surface area contributed by atoms with E-state index in [1.165, 1.54) is 19.3 Å². The molecule has 1 amide bonds. The zero-order valence-electron chi connectivity index (χ0n) is 12.8. The van der Waals surface area contributed by atoms with Gasteiger partial charge in [0.15, 0.2) is 0 Å². The van der Waals surface area contributed by atoms with Crippen LogP contribution in [0.4, 0.5) is 0 Å². The Bertz CT molecular complexity index is 421. The number of hydrogen-bond acceptors (Lipinski definition) is 2. The first-order chi connectivity index (χ1) is 9.76. The highest BCUT2D eigenvalue weighted by molar-refractivity contribution is 5.92. The zero-order valence-corrected chi connectivity index (χ0v) is 12.8. The van der Waals surface area contributed by atoms with Crippen molar-refractivity contribution in [3.8, 4) is 0 Å². The SMILES string of the molecule is CCCn1cccc1C(=O)N(CC)CC1CCCCN1. The Hall–Kier alpha value is -1.29. The van der Waals surface area contributed by atoms with E-state index >= 15 is 0 Å². The van der Waals surface area contributed by atoms with Crippen molar-refractivity contribution in [1.29, 1.82) is 0 Å². The van der Waals surface area contributed by atoms with Crippen molar-refractivity contribution in [3.05, 3.63) is 24.0 Å². The Morgan fingerprint density at radius 3 is 2.95 bits per heavy atom. The topological polar surface area (TPSA) is 37.3 Å². The molecule has 0 radical (unpaired) electrons. The molecular weight excluding hydrogens is 250 g/mol. The number of nitrogens with one attached hydrogen (secondary N) is 1. The molecule has 1 unspecified atom stereocenters. The Morgan fingerprint density at radius 2 is 2.30 bits per heavy atom. The van der Waals surface area contributed by atoms with E-state index in [9.17, 15) is 4.79 Å². The number of aryl methyl sites for hydroxylation is 1. The van der Waals surface area contributed by atoms with E-state index in [0.29, 0.717) is 6.04 Å². The molecule has 4 heteroatoms. The van der Waals surface area contributed by atoms with E-state index in [1.807, 2.05) is 23.2 Å². The summed E-state index contributed by atoms with van der Waals surface area (Å²) in [6.07, 6.45) is 6.76. The Balaban J connectivity index is 2.02. The lowest BCUT2D eigenvalue weighted by atomic mass is 10.0. The second-order valence-corrected chi connectivity index (χ2v) is 5.58. The molecular formula is C16H27N3O. The lowest BCUT2D eigenvalue weighted by Crippen LogP contribution is -2.46. The molecule has 0 bridgehead atoms. The minimum Gasteiger partial charge on any atom is -0.344 e. The van der Waals surface area contributed by atoms with Crippen molar-refractivity contribution in [3.63, 3.8) is 0 Å². The van der Waals surface area contributed by atoms with Gasteiger partial charge >= 0.3 is 0 Å². The van der Waals surface area contributed by atoms with Crippen molar-refractivity contribution in [2.24, 2.45) is 0 Å². The number of aromatic nitrogens is 1. The molecule has 1 aliphatic heterocycles. The third kappa shape index (κ3) is 3.63. The van der Waals surface area contributed by atoms with Gasteiger partial charge in [0.2, 0.25) is 0 Å². The number of nitrogens with zero attached hydrogens (tertiary/aromatic N) is 2. The summed E-state index contributed by atoms with van der Waals surface area (Å²) in [5.74, 6) is 0.165. The van der Waals surface area contributed by atoms with Crippen LogP contribution < -0.4 is 5.32 Å². The number of carbonyl (C=O) groups is 1. The number of likely N-dealkylation sites (N-methyl/N-ethyl adjacent to an activating group) is 1. The monoisotopic (exact) mass is 277 g/mol. The van der Waals surface area contributed by atoms with Gasteiger partial charge in [-0.2, -0.15) is 0 Å². The van der Waals surface area contributed by atoms with Crippen LogP contribution in [0.2, 0.25) is 0 Å². The lowest BCUT2D eigenvalue weighted by molar-refractivity contribution is 0.0730. The van der Waals surface area contributed by atoms with Crippen molar-refractivity contribution in [2.75, 3.05) is 19.6 Å². The quantitative estimate of drug-likeness (QED) is 0.867. The van der Waals surface area contributed by atoms with Crippen LogP contribution in [0, 0.1) is 0 Å². The van der Waals surface area contributed by atoms with Crippen LogP contribution in [-0.4, -0.2) is 41.1 Å².